The van der Waals surface area contributed by atoms with Gasteiger partial charge in [-0.05, 0) is 48.7 Å². The van der Waals surface area contributed by atoms with E-state index < -0.39 is 5.82 Å². The maximum atomic E-state index is 14.1. The Morgan fingerprint density at radius 1 is 1.40 bits per heavy atom. The Labute approximate surface area is 145 Å². The molecule has 3 rings (SSSR count). The molecule has 0 unspecified atom stereocenters. The van der Waals surface area contributed by atoms with Gasteiger partial charge in [-0.1, -0.05) is 6.07 Å². The number of aromatic nitrogens is 1. The van der Waals surface area contributed by atoms with Crippen LogP contribution in [0.3, 0.4) is 0 Å². The third-order valence-electron chi connectivity index (χ3n) is 3.89. The van der Waals surface area contributed by atoms with Gasteiger partial charge in [-0.2, -0.15) is 0 Å². The second-order valence-corrected chi connectivity index (χ2v) is 5.82. The molecule has 0 saturated carbocycles. The summed E-state index contributed by atoms with van der Waals surface area (Å²) >= 11 is 0. The minimum absolute atomic E-state index is 0.136. The summed E-state index contributed by atoms with van der Waals surface area (Å²) in [5.74, 6) is -0.740. The number of carbonyl (C=O) groups excluding carboxylic acids is 1. The van der Waals surface area contributed by atoms with Crippen molar-refractivity contribution in [3.05, 3.63) is 60.2 Å². The number of carbonyl (C=O) groups is 1. The first-order valence-electron chi connectivity index (χ1n) is 8.25. The summed E-state index contributed by atoms with van der Waals surface area (Å²) in [7, 11) is 0. The molecular weight excluding hydrogens is 321 g/mol. The van der Waals surface area contributed by atoms with Gasteiger partial charge in [0.1, 0.15) is 5.82 Å². The number of nitrogens with one attached hydrogen (secondary N) is 2. The van der Waals surface area contributed by atoms with Crippen molar-refractivity contribution in [1.82, 2.24) is 4.98 Å². The Hall–Kier alpha value is -2.73. The molecule has 1 aliphatic heterocycles. The largest absolute Gasteiger partial charge is 0.380 e. The van der Waals surface area contributed by atoms with E-state index in [0.29, 0.717) is 17.9 Å². The van der Waals surface area contributed by atoms with Gasteiger partial charge in [0.15, 0.2) is 0 Å². The number of amides is 1. The number of hydrogen-bond acceptors (Lipinski definition) is 4. The maximum Gasteiger partial charge on any atom is 0.248 e. The number of benzene rings is 1. The summed E-state index contributed by atoms with van der Waals surface area (Å²) in [5, 5.41) is 5.69. The summed E-state index contributed by atoms with van der Waals surface area (Å²) in [6.45, 7) is 1.35. The standard InChI is InChI=1S/C19H20FN3O2/c20-17-11-15(6-7-18(17)22-13-16-4-2-10-25-16)23-19(24)8-5-14-3-1-9-21-12-14/h1,3,5-9,11-12,16,22H,2,4,10,13H2,(H,23,24)/b8-5-/t16-/m1/s1. The highest BCUT2D eigenvalue weighted by Crippen LogP contribution is 2.20. The number of nitrogens with zero attached hydrogens (tertiary/aromatic N) is 1. The van der Waals surface area contributed by atoms with Crippen LogP contribution in [-0.2, 0) is 9.53 Å². The van der Waals surface area contributed by atoms with Crippen molar-refractivity contribution in [1.29, 1.82) is 0 Å². The van der Waals surface area contributed by atoms with E-state index in [4.69, 9.17) is 4.74 Å². The van der Waals surface area contributed by atoms with E-state index in [2.05, 4.69) is 15.6 Å². The van der Waals surface area contributed by atoms with Crippen molar-refractivity contribution in [2.45, 2.75) is 18.9 Å². The number of halogens is 1. The fourth-order valence-electron chi connectivity index (χ4n) is 2.60. The summed E-state index contributed by atoms with van der Waals surface area (Å²) in [4.78, 5) is 15.9. The lowest BCUT2D eigenvalue weighted by Gasteiger charge is -2.13. The highest BCUT2D eigenvalue weighted by Gasteiger charge is 2.15. The summed E-state index contributed by atoms with van der Waals surface area (Å²) in [6.07, 6.45) is 8.52. The number of anilines is 2. The first-order valence-corrected chi connectivity index (χ1v) is 8.25. The van der Waals surface area contributed by atoms with E-state index in [9.17, 15) is 9.18 Å². The van der Waals surface area contributed by atoms with Crippen LogP contribution in [0.5, 0.6) is 0 Å². The molecular formula is C19H20FN3O2. The molecule has 0 aliphatic carbocycles. The maximum absolute atomic E-state index is 14.1. The third-order valence-corrected chi connectivity index (χ3v) is 3.89. The van der Waals surface area contributed by atoms with Crippen LogP contribution in [-0.4, -0.2) is 30.1 Å². The average Bonchev–Trinajstić information content (AvgIpc) is 3.14. The molecule has 0 bridgehead atoms. The van der Waals surface area contributed by atoms with Gasteiger partial charge >= 0.3 is 0 Å². The van der Waals surface area contributed by atoms with Crippen LogP contribution in [0.25, 0.3) is 6.08 Å². The molecule has 2 heterocycles. The second kappa shape index (κ2) is 8.39. The van der Waals surface area contributed by atoms with E-state index in [1.807, 2.05) is 6.07 Å². The van der Waals surface area contributed by atoms with Gasteiger partial charge < -0.3 is 15.4 Å². The zero-order valence-electron chi connectivity index (χ0n) is 13.7. The first-order chi connectivity index (χ1) is 12.2. The Balaban J connectivity index is 1.54. The molecule has 0 spiro atoms. The quantitative estimate of drug-likeness (QED) is 0.790. The van der Waals surface area contributed by atoms with Crippen LogP contribution in [0.4, 0.5) is 15.8 Å². The number of rotatable bonds is 6. The molecule has 0 radical (unpaired) electrons. The lowest BCUT2D eigenvalue weighted by Crippen LogP contribution is -2.19. The van der Waals surface area contributed by atoms with Crippen molar-refractivity contribution >= 4 is 23.4 Å². The highest BCUT2D eigenvalue weighted by atomic mass is 19.1. The molecule has 6 heteroatoms. The topological polar surface area (TPSA) is 63.2 Å². The van der Waals surface area contributed by atoms with Crippen LogP contribution in [0.1, 0.15) is 18.4 Å². The predicted molar refractivity (Wildman–Crippen MR) is 95.8 cm³/mol. The van der Waals surface area contributed by atoms with Crippen LogP contribution < -0.4 is 10.6 Å². The SMILES string of the molecule is O=C(/C=C\c1cccnc1)Nc1ccc(NC[C@H]2CCCO2)c(F)c1. The van der Waals surface area contributed by atoms with Gasteiger partial charge in [0.25, 0.3) is 0 Å². The van der Waals surface area contributed by atoms with E-state index in [0.717, 1.165) is 25.0 Å². The van der Waals surface area contributed by atoms with Crippen molar-refractivity contribution in [3.63, 3.8) is 0 Å². The van der Waals surface area contributed by atoms with Crippen LogP contribution in [0, 0.1) is 5.82 Å². The van der Waals surface area contributed by atoms with E-state index in [-0.39, 0.29) is 12.0 Å². The molecule has 5 nitrogen and oxygen atoms in total. The minimum atomic E-state index is -0.410. The molecule has 1 aliphatic rings. The fourth-order valence-corrected chi connectivity index (χ4v) is 2.60. The zero-order chi connectivity index (χ0) is 17.5. The molecule has 1 amide bonds. The first kappa shape index (κ1) is 17.1. The van der Waals surface area contributed by atoms with Crippen molar-refractivity contribution in [2.75, 3.05) is 23.8 Å². The molecule has 1 aromatic heterocycles. The normalized spacial score (nSPS) is 16.9. The third kappa shape index (κ3) is 5.12. The Bertz CT molecular complexity index is 744. The van der Waals surface area contributed by atoms with Crippen molar-refractivity contribution in [2.24, 2.45) is 0 Å². The van der Waals surface area contributed by atoms with Gasteiger partial charge in [0, 0.05) is 37.3 Å². The van der Waals surface area contributed by atoms with Crippen LogP contribution in [0.15, 0.2) is 48.8 Å². The highest BCUT2D eigenvalue weighted by molar-refractivity contribution is 6.01. The smallest absolute Gasteiger partial charge is 0.248 e. The Kier molecular flexibility index (Phi) is 5.74. The second-order valence-electron chi connectivity index (χ2n) is 5.82. The van der Waals surface area contributed by atoms with Crippen LogP contribution >= 0.6 is 0 Å². The molecule has 1 aromatic carbocycles. The molecule has 1 atom stereocenters. The average molecular weight is 341 g/mol. The Morgan fingerprint density at radius 3 is 3.04 bits per heavy atom. The zero-order valence-corrected chi connectivity index (χ0v) is 13.7. The molecule has 1 saturated heterocycles. The number of ether oxygens (including phenoxy) is 1. The van der Waals surface area contributed by atoms with E-state index >= 15 is 0 Å². The van der Waals surface area contributed by atoms with Crippen molar-refractivity contribution in [3.8, 4) is 0 Å². The summed E-state index contributed by atoms with van der Waals surface area (Å²) < 4.78 is 19.6. The van der Waals surface area contributed by atoms with Crippen LogP contribution in [0.2, 0.25) is 0 Å². The summed E-state index contributed by atoms with van der Waals surface area (Å²) in [6, 6.07) is 8.20. The van der Waals surface area contributed by atoms with Gasteiger partial charge in [-0.25, -0.2) is 4.39 Å². The van der Waals surface area contributed by atoms with Crippen molar-refractivity contribution < 1.29 is 13.9 Å². The summed E-state index contributed by atoms with van der Waals surface area (Å²) in [5.41, 5.74) is 1.62. The minimum Gasteiger partial charge on any atom is -0.380 e. The lowest BCUT2D eigenvalue weighted by atomic mass is 10.2. The van der Waals surface area contributed by atoms with Gasteiger partial charge in [0.2, 0.25) is 5.91 Å². The molecule has 130 valence electrons. The molecule has 2 aromatic rings. The van der Waals surface area contributed by atoms with E-state index in [1.54, 1.807) is 36.7 Å². The van der Waals surface area contributed by atoms with E-state index in [1.165, 1.54) is 12.1 Å². The Morgan fingerprint density at radius 2 is 2.32 bits per heavy atom. The molecule has 2 N–H and O–H groups in total. The number of pyridine rings is 1. The number of hydrogen-bond donors (Lipinski definition) is 2. The fraction of sp³-hybridized carbons (Fsp3) is 0.263. The van der Waals surface area contributed by atoms with Gasteiger partial charge in [0.05, 0.1) is 11.8 Å². The van der Waals surface area contributed by atoms with Gasteiger partial charge in [-0.3, -0.25) is 9.78 Å². The molecule has 1 fully saturated rings. The lowest BCUT2D eigenvalue weighted by molar-refractivity contribution is -0.111. The monoisotopic (exact) mass is 341 g/mol. The molecule has 25 heavy (non-hydrogen) atoms. The predicted octanol–water partition coefficient (Wildman–Crippen LogP) is 3.46. The van der Waals surface area contributed by atoms with Gasteiger partial charge in [-0.15, -0.1) is 0 Å².